The number of ether oxygens (including phenoxy) is 1. The number of benzene rings is 1. The first kappa shape index (κ1) is 18.7. The molecule has 6 nitrogen and oxygen atoms in total. The number of nitrogens with zero attached hydrogens (tertiary/aromatic N) is 1. The Morgan fingerprint density at radius 1 is 1.30 bits per heavy atom. The Morgan fingerprint density at radius 3 is 2.81 bits per heavy atom. The monoisotopic (exact) mass is 407 g/mol. The van der Waals surface area contributed by atoms with Crippen molar-refractivity contribution in [3.8, 4) is 0 Å². The summed E-state index contributed by atoms with van der Waals surface area (Å²) in [5.74, 6) is 0.709. The summed E-state index contributed by atoms with van der Waals surface area (Å²) >= 11 is 7.83. The van der Waals surface area contributed by atoms with E-state index in [1.165, 1.54) is 11.8 Å². The van der Waals surface area contributed by atoms with E-state index in [2.05, 4.69) is 10.4 Å². The minimum Gasteiger partial charge on any atom is -0.375 e. The molecule has 0 radical (unpaired) electrons. The topological polar surface area (TPSA) is 76.1 Å². The number of fused-ring (bicyclic) bond motifs is 1. The van der Waals surface area contributed by atoms with Gasteiger partial charge in [0.1, 0.15) is 5.82 Å². The van der Waals surface area contributed by atoms with Crippen molar-refractivity contribution >= 4 is 35.1 Å². The van der Waals surface area contributed by atoms with Crippen LogP contribution >= 0.6 is 23.4 Å². The summed E-state index contributed by atoms with van der Waals surface area (Å²) in [5.41, 5.74) is 0.942. The molecule has 2 aliphatic heterocycles. The number of hydrogen-bond donors (Lipinski definition) is 2. The quantitative estimate of drug-likeness (QED) is 0.795. The number of rotatable bonds is 2. The molecule has 2 unspecified atom stereocenters. The zero-order valence-electron chi connectivity index (χ0n) is 15.3. The van der Waals surface area contributed by atoms with Gasteiger partial charge in [0, 0.05) is 11.6 Å². The molecular formula is C19H22ClN3O3S. The van der Waals surface area contributed by atoms with Gasteiger partial charge in [-0.25, -0.2) is 0 Å². The molecule has 2 atom stereocenters. The van der Waals surface area contributed by atoms with Gasteiger partial charge in [-0.2, -0.15) is 0 Å². The molecule has 27 heavy (non-hydrogen) atoms. The normalized spacial score (nSPS) is 24.8. The maximum Gasteiger partial charge on any atom is 0.270 e. The summed E-state index contributed by atoms with van der Waals surface area (Å²) in [5, 5.41) is 6.20. The Bertz CT molecular complexity index is 937. The fraction of sp³-hybridized carbons (Fsp3) is 0.474. The first-order valence-electron chi connectivity index (χ1n) is 9.00. The number of thioether (sulfide) groups is 1. The molecule has 4 rings (SSSR count). The van der Waals surface area contributed by atoms with E-state index in [9.17, 15) is 9.59 Å². The highest BCUT2D eigenvalue weighted by atomic mass is 35.5. The van der Waals surface area contributed by atoms with Crippen LogP contribution in [0.3, 0.4) is 0 Å². The van der Waals surface area contributed by atoms with Crippen molar-refractivity contribution in [2.75, 3.05) is 17.7 Å². The summed E-state index contributed by atoms with van der Waals surface area (Å²) in [7, 11) is 0. The first-order chi connectivity index (χ1) is 12.9. The van der Waals surface area contributed by atoms with Crippen molar-refractivity contribution < 1.29 is 9.53 Å². The second-order valence-corrected chi connectivity index (χ2v) is 9.09. The van der Waals surface area contributed by atoms with Gasteiger partial charge < -0.3 is 10.1 Å². The zero-order valence-corrected chi connectivity index (χ0v) is 16.8. The zero-order chi connectivity index (χ0) is 19.2. The summed E-state index contributed by atoms with van der Waals surface area (Å²) in [6, 6.07) is 7.53. The molecule has 2 N–H and O–H groups in total. The lowest BCUT2D eigenvalue weighted by atomic mass is 9.94. The highest BCUT2D eigenvalue weighted by molar-refractivity contribution is 8.00. The highest BCUT2D eigenvalue weighted by Gasteiger charge is 2.36. The Hall–Kier alpha value is -1.70. The average Bonchev–Trinajstić information content (AvgIpc) is 2.81. The van der Waals surface area contributed by atoms with Gasteiger partial charge in [0.05, 0.1) is 28.2 Å². The predicted molar refractivity (Wildman–Crippen MR) is 108 cm³/mol. The van der Waals surface area contributed by atoms with Crippen molar-refractivity contribution in [1.82, 2.24) is 9.78 Å². The molecule has 1 amide bonds. The lowest BCUT2D eigenvalue weighted by Gasteiger charge is -2.36. The molecule has 0 spiro atoms. The Labute approximate surface area is 166 Å². The average molecular weight is 408 g/mol. The van der Waals surface area contributed by atoms with Crippen LogP contribution in [0.1, 0.15) is 49.1 Å². The molecule has 3 heterocycles. The molecule has 2 aromatic rings. The van der Waals surface area contributed by atoms with E-state index in [1.807, 2.05) is 42.8 Å². The predicted octanol–water partition coefficient (Wildman–Crippen LogP) is 3.73. The molecule has 1 aromatic heterocycles. The molecule has 8 heteroatoms. The van der Waals surface area contributed by atoms with Crippen LogP contribution in [0.15, 0.2) is 29.1 Å². The number of halogens is 1. The van der Waals surface area contributed by atoms with E-state index in [4.69, 9.17) is 16.3 Å². The third kappa shape index (κ3) is 3.56. The van der Waals surface area contributed by atoms with Crippen LogP contribution in [0.4, 0.5) is 5.82 Å². The number of anilines is 1. The van der Waals surface area contributed by atoms with E-state index in [1.54, 1.807) is 0 Å². The van der Waals surface area contributed by atoms with Gasteiger partial charge in [-0.15, -0.1) is 11.8 Å². The van der Waals surface area contributed by atoms with Gasteiger partial charge >= 0.3 is 0 Å². The standard InChI is InChI=1S/C19H22ClN3O3S/c1-19(2)9-11(7-8-26-19)23-17-15(18(25)22-23)16(27-10-14(24)21-17)12-5-3-4-6-13(12)20/h3-6,11,16H,7-10H2,1-2H3,(H,21,24)(H,22,25). The maximum atomic E-state index is 12.9. The molecular weight excluding hydrogens is 386 g/mol. The van der Waals surface area contributed by atoms with E-state index in [0.717, 1.165) is 18.4 Å². The van der Waals surface area contributed by atoms with Gasteiger partial charge in [-0.1, -0.05) is 29.8 Å². The lowest BCUT2D eigenvalue weighted by molar-refractivity contribution is -0.113. The molecule has 2 aliphatic rings. The third-order valence-corrected chi connectivity index (χ3v) is 6.68. The van der Waals surface area contributed by atoms with Crippen LogP contribution in [0.25, 0.3) is 0 Å². The van der Waals surface area contributed by atoms with Crippen molar-refractivity contribution in [2.24, 2.45) is 0 Å². The number of H-pyrrole nitrogens is 1. The number of aromatic amines is 1. The van der Waals surface area contributed by atoms with Gasteiger partial charge in [0.15, 0.2) is 0 Å². The third-order valence-electron chi connectivity index (χ3n) is 5.09. The van der Waals surface area contributed by atoms with Crippen LogP contribution in [-0.2, 0) is 9.53 Å². The van der Waals surface area contributed by atoms with E-state index >= 15 is 0 Å². The smallest absolute Gasteiger partial charge is 0.270 e. The minimum absolute atomic E-state index is 0.0560. The number of carbonyl (C=O) groups excluding carboxylic acids is 1. The minimum atomic E-state index is -0.300. The Kier molecular flexibility index (Phi) is 4.86. The van der Waals surface area contributed by atoms with Crippen molar-refractivity contribution in [2.45, 2.75) is 43.6 Å². The fourth-order valence-corrected chi connectivity index (χ4v) is 5.34. The molecule has 144 valence electrons. The molecule has 1 aromatic carbocycles. The van der Waals surface area contributed by atoms with E-state index < -0.39 is 0 Å². The second-order valence-electron chi connectivity index (χ2n) is 7.59. The molecule has 0 saturated carbocycles. The summed E-state index contributed by atoms with van der Waals surface area (Å²) < 4.78 is 7.63. The van der Waals surface area contributed by atoms with E-state index in [-0.39, 0.29) is 34.1 Å². The SMILES string of the molecule is CC1(C)CC(n2[nH]c(=O)c3c2NC(=O)CSC3c2ccccc2Cl)CCO1. The number of carbonyl (C=O) groups is 1. The van der Waals surface area contributed by atoms with E-state index in [0.29, 0.717) is 23.0 Å². The number of aromatic nitrogens is 2. The second kappa shape index (κ2) is 7.04. The van der Waals surface area contributed by atoms with Crippen molar-refractivity contribution in [3.05, 3.63) is 50.8 Å². The molecule has 1 saturated heterocycles. The molecule has 0 aliphatic carbocycles. The Balaban J connectivity index is 1.83. The summed E-state index contributed by atoms with van der Waals surface area (Å²) in [6.45, 7) is 4.70. The largest absolute Gasteiger partial charge is 0.375 e. The maximum absolute atomic E-state index is 12.9. The lowest BCUT2D eigenvalue weighted by Crippen LogP contribution is -2.36. The van der Waals surface area contributed by atoms with Gasteiger partial charge in [-0.3, -0.25) is 19.4 Å². The van der Waals surface area contributed by atoms with Crippen molar-refractivity contribution in [1.29, 1.82) is 0 Å². The van der Waals surface area contributed by atoms with Crippen molar-refractivity contribution in [3.63, 3.8) is 0 Å². The molecule has 0 bridgehead atoms. The van der Waals surface area contributed by atoms with Gasteiger partial charge in [0.25, 0.3) is 5.56 Å². The van der Waals surface area contributed by atoms with Crippen LogP contribution in [0.2, 0.25) is 5.02 Å². The number of nitrogens with one attached hydrogen (secondary N) is 2. The van der Waals surface area contributed by atoms with Gasteiger partial charge in [0.2, 0.25) is 5.91 Å². The molecule has 1 fully saturated rings. The van der Waals surface area contributed by atoms with Crippen LogP contribution in [0.5, 0.6) is 0 Å². The van der Waals surface area contributed by atoms with Gasteiger partial charge in [-0.05, 0) is 38.3 Å². The van der Waals surface area contributed by atoms with Crippen LogP contribution in [-0.4, -0.2) is 33.6 Å². The Morgan fingerprint density at radius 2 is 2.07 bits per heavy atom. The first-order valence-corrected chi connectivity index (χ1v) is 10.4. The summed E-state index contributed by atoms with van der Waals surface area (Å²) in [4.78, 5) is 25.3. The van der Waals surface area contributed by atoms with Crippen LogP contribution < -0.4 is 10.9 Å². The number of amides is 1. The number of hydrogen-bond acceptors (Lipinski definition) is 4. The highest BCUT2D eigenvalue weighted by Crippen LogP contribution is 2.43. The fourth-order valence-electron chi connectivity index (χ4n) is 3.87. The summed E-state index contributed by atoms with van der Waals surface area (Å²) in [6.07, 6.45) is 1.53. The van der Waals surface area contributed by atoms with Crippen LogP contribution in [0, 0.1) is 0 Å².